The Kier molecular flexibility index (Phi) is 4.96. The number of halogens is 5. The molecule has 0 aliphatic heterocycles. The standard InChI is InChI=1S/C10H16F5NO2/c1-6(8(2,3)4)16-7(17)18-5-9(11,12)10(13,14)15/h6H,5H2,1-4H3,(H,16,17). The first-order chi connectivity index (χ1) is 7.77. The molecule has 8 heteroatoms. The molecule has 108 valence electrons. The van der Waals surface area contributed by atoms with Crippen molar-refractivity contribution in [3.63, 3.8) is 0 Å². The van der Waals surface area contributed by atoms with E-state index in [2.05, 4.69) is 10.1 Å². The van der Waals surface area contributed by atoms with Crippen LogP contribution < -0.4 is 5.32 Å². The van der Waals surface area contributed by atoms with Crippen LogP contribution in [0.4, 0.5) is 26.7 Å². The van der Waals surface area contributed by atoms with Crippen LogP contribution in [0.5, 0.6) is 0 Å². The van der Waals surface area contributed by atoms with E-state index in [4.69, 9.17) is 0 Å². The monoisotopic (exact) mass is 277 g/mol. The first-order valence-electron chi connectivity index (χ1n) is 5.15. The van der Waals surface area contributed by atoms with Gasteiger partial charge in [-0.15, -0.1) is 0 Å². The summed E-state index contributed by atoms with van der Waals surface area (Å²) in [5.74, 6) is -5.05. The summed E-state index contributed by atoms with van der Waals surface area (Å²) >= 11 is 0. The van der Waals surface area contributed by atoms with Gasteiger partial charge in [-0.1, -0.05) is 20.8 Å². The zero-order valence-electron chi connectivity index (χ0n) is 10.5. The first kappa shape index (κ1) is 16.9. The topological polar surface area (TPSA) is 38.3 Å². The minimum atomic E-state index is -5.73. The number of ether oxygens (including phenoxy) is 1. The second-order valence-corrected chi connectivity index (χ2v) is 5.01. The average Bonchev–Trinajstić information content (AvgIpc) is 2.11. The van der Waals surface area contributed by atoms with Gasteiger partial charge in [0.15, 0.2) is 6.61 Å². The van der Waals surface area contributed by atoms with Crippen molar-refractivity contribution >= 4 is 6.09 Å². The van der Waals surface area contributed by atoms with Crippen LogP contribution in [-0.2, 0) is 4.74 Å². The molecular formula is C10H16F5NO2. The Labute approximate surface area is 102 Å². The van der Waals surface area contributed by atoms with E-state index in [0.717, 1.165) is 0 Å². The van der Waals surface area contributed by atoms with Crippen molar-refractivity contribution in [2.45, 2.75) is 45.8 Å². The third-order valence-corrected chi connectivity index (χ3v) is 2.43. The second kappa shape index (κ2) is 5.27. The molecule has 1 atom stereocenters. The molecule has 0 aromatic carbocycles. The van der Waals surface area contributed by atoms with E-state index >= 15 is 0 Å². The number of amides is 1. The molecule has 0 saturated heterocycles. The van der Waals surface area contributed by atoms with Crippen LogP contribution in [0.1, 0.15) is 27.7 Å². The number of carbonyl (C=O) groups excluding carboxylic acids is 1. The van der Waals surface area contributed by atoms with Gasteiger partial charge in [-0.25, -0.2) is 4.79 Å². The van der Waals surface area contributed by atoms with Gasteiger partial charge in [-0.3, -0.25) is 0 Å². The number of carbonyl (C=O) groups is 1. The summed E-state index contributed by atoms with van der Waals surface area (Å²) in [5, 5.41) is 2.18. The fraction of sp³-hybridized carbons (Fsp3) is 0.900. The molecule has 0 heterocycles. The molecule has 0 fully saturated rings. The second-order valence-electron chi connectivity index (χ2n) is 5.01. The maximum absolute atomic E-state index is 12.4. The highest BCUT2D eigenvalue weighted by Gasteiger charge is 2.58. The lowest BCUT2D eigenvalue weighted by atomic mass is 9.88. The maximum Gasteiger partial charge on any atom is 0.456 e. The number of hydrogen-bond donors (Lipinski definition) is 1. The normalized spacial score (nSPS) is 15.2. The third-order valence-electron chi connectivity index (χ3n) is 2.43. The van der Waals surface area contributed by atoms with Gasteiger partial charge in [0.1, 0.15) is 0 Å². The predicted molar refractivity (Wildman–Crippen MR) is 54.4 cm³/mol. The Bertz CT molecular complexity index is 296. The molecule has 0 aromatic rings. The quantitative estimate of drug-likeness (QED) is 0.803. The molecule has 0 bridgehead atoms. The van der Waals surface area contributed by atoms with E-state index < -0.39 is 30.8 Å². The Morgan fingerprint density at radius 2 is 1.61 bits per heavy atom. The van der Waals surface area contributed by atoms with Gasteiger partial charge in [0, 0.05) is 6.04 Å². The summed E-state index contributed by atoms with van der Waals surface area (Å²) in [6, 6.07) is -0.440. The Hall–Kier alpha value is -1.08. The highest BCUT2D eigenvalue weighted by atomic mass is 19.4. The maximum atomic E-state index is 12.4. The van der Waals surface area contributed by atoms with Crippen molar-refractivity contribution in [1.82, 2.24) is 5.32 Å². The lowest BCUT2D eigenvalue weighted by Crippen LogP contribution is -2.45. The van der Waals surface area contributed by atoms with Crippen molar-refractivity contribution in [2.24, 2.45) is 5.41 Å². The van der Waals surface area contributed by atoms with E-state index in [1.54, 1.807) is 27.7 Å². The van der Waals surface area contributed by atoms with E-state index in [1.807, 2.05) is 0 Å². The molecule has 0 radical (unpaired) electrons. The minimum Gasteiger partial charge on any atom is -0.443 e. The molecule has 18 heavy (non-hydrogen) atoms. The van der Waals surface area contributed by atoms with E-state index in [0.29, 0.717) is 0 Å². The third kappa shape index (κ3) is 5.05. The molecule has 1 unspecified atom stereocenters. The zero-order chi connectivity index (χ0) is 14.8. The largest absolute Gasteiger partial charge is 0.456 e. The molecule has 0 aromatic heterocycles. The van der Waals surface area contributed by atoms with Gasteiger partial charge in [0.2, 0.25) is 0 Å². The fourth-order valence-corrected chi connectivity index (χ4v) is 0.673. The summed E-state index contributed by atoms with van der Waals surface area (Å²) in [6.45, 7) is 4.86. The molecule has 1 amide bonds. The summed E-state index contributed by atoms with van der Waals surface area (Å²) in [6.07, 6.45) is -7.04. The number of hydrogen-bond acceptors (Lipinski definition) is 2. The highest BCUT2D eigenvalue weighted by molar-refractivity contribution is 5.67. The first-order valence-corrected chi connectivity index (χ1v) is 5.15. The molecule has 1 N–H and O–H groups in total. The van der Waals surface area contributed by atoms with Gasteiger partial charge in [0.25, 0.3) is 0 Å². The summed E-state index contributed by atoms with van der Waals surface area (Å²) in [4.78, 5) is 11.0. The summed E-state index contributed by atoms with van der Waals surface area (Å²) in [5.41, 5.74) is -0.369. The fourth-order valence-electron chi connectivity index (χ4n) is 0.673. The minimum absolute atomic E-state index is 0.369. The van der Waals surface area contributed by atoms with Gasteiger partial charge in [-0.05, 0) is 12.3 Å². The van der Waals surface area contributed by atoms with E-state index in [-0.39, 0.29) is 5.41 Å². The molecule has 0 aliphatic rings. The van der Waals surface area contributed by atoms with E-state index in [9.17, 15) is 26.7 Å². The number of alkyl halides is 5. The van der Waals surface area contributed by atoms with Gasteiger partial charge < -0.3 is 10.1 Å². The van der Waals surface area contributed by atoms with E-state index in [1.165, 1.54) is 0 Å². The average molecular weight is 277 g/mol. The number of rotatable bonds is 3. The van der Waals surface area contributed by atoms with Crippen LogP contribution in [0.2, 0.25) is 0 Å². The summed E-state index contributed by atoms with van der Waals surface area (Å²) < 4.78 is 64.1. The Balaban J connectivity index is 4.29. The van der Waals surface area contributed by atoms with Gasteiger partial charge >= 0.3 is 18.2 Å². The van der Waals surface area contributed by atoms with Crippen LogP contribution in [0.15, 0.2) is 0 Å². The predicted octanol–water partition coefficient (Wildman–Crippen LogP) is 3.34. The van der Waals surface area contributed by atoms with Crippen molar-refractivity contribution in [1.29, 1.82) is 0 Å². The van der Waals surface area contributed by atoms with Crippen molar-refractivity contribution in [2.75, 3.05) is 6.61 Å². The van der Waals surface area contributed by atoms with Crippen LogP contribution in [-0.4, -0.2) is 30.8 Å². The van der Waals surface area contributed by atoms with Crippen LogP contribution in [0.25, 0.3) is 0 Å². The Morgan fingerprint density at radius 1 is 1.17 bits per heavy atom. The van der Waals surface area contributed by atoms with Crippen LogP contribution in [0, 0.1) is 5.41 Å². The number of nitrogens with one attached hydrogen (secondary N) is 1. The van der Waals surface area contributed by atoms with Gasteiger partial charge in [-0.2, -0.15) is 22.0 Å². The van der Waals surface area contributed by atoms with Crippen molar-refractivity contribution in [3.8, 4) is 0 Å². The summed E-state index contributed by atoms with van der Waals surface area (Å²) in [7, 11) is 0. The zero-order valence-corrected chi connectivity index (χ0v) is 10.5. The SMILES string of the molecule is CC(NC(=O)OCC(F)(F)C(F)(F)F)C(C)(C)C. The molecule has 0 rings (SSSR count). The van der Waals surface area contributed by atoms with Gasteiger partial charge in [0.05, 0.1) is 0 Å². The Morgan fingerprint density at radius 3 is 1.94 bits per heavy atom. The molecule has 0 saturated carbocycles. The molecule has 0 aliphatic carbocycles. The van der Waals surface area contributed by atoms with Crippen LogP contribution >= 0.6 is 0 Å². The lowest BCUT2D eigenvalue weighted by Gasteiger charge is -2.28. The van der Waals surface area contributed by atoms with Crippen molar-refractivity contribution < 1.29 is 31.5 Å². The number of alkyl carbamates (subject to hydrolysis) is 1. The smallest absolute Gasteiger partial charge is 0.443 e. The molecule has 0 spiro atoms. The van der Waals surface area contributed by atoms with Crippen LogP contribution in [0.3, 0.4) is 0 Å². The molecular weight excluding hydrogens is 261 g/mol. The highest BCUT2D eigenvalue weighted by Crippen LogP contribution is 2.35. The van der Waals surface area contributed by atoms with Crippen molar-refractivity contribution in [3.05, 3.63) is 0 Å². The molecule has 3 nitrogen and oxygen atoms in total. The lowest BCUT2D eigenvalue weighted by molar-refractivity contribution is -0.292.